The molecule has 0 radical (unpaired) electrons. The summed E-state index contributed by atoms with van der Waals surface area (Å²) >= 11 is 0. The lowest BCUT2D eigenvalue weighted by Crippen LogP contribution is -2.50. The molecular weight excluding hydrogens is 332 g/mol. The number of benzene rings is 1. The Hall–Kier alpha value is -3.30. The number of fused-ring (bicyclic) bond motifs is 1. The van der Waals surface area contributed by atoms with Crippen LogP contribution in [0.25, 0.3) is 0 Å². The van der Waals surface area contributed by atoms with Gasteiger partial charge >= 0.3 is 6.03 Å². The molecule has 2 N–H and O–H groups in total. The molecule has 1 aromatic rings. The van der Waals surface area contributed by atoms with Crippen LogP contribution in [0, 0.1) is 10.1 Å². The lowest BCUT2D eigenvalue weighted by atomic mass is 10.1. The summed E-state index contributed by atoms with van der Waals surface area (Å²) < 4.78 is 0. The van der Waals surface area contributed by atoms with Crippen molar-refractivity contribution in [3.05, 3.63) is 39.4 Å². The fourth-order valence-corrected chi connectivity index (χ4v) is 2.29. The number of carbonyl (C=O) groups excluding carboxylic acids is 4. The van der Waals surface area contributed by atoms with Crippen LogP contribution in [0.4, 0.5) is 10.5 Å². The van der Waals surface area contributed by atoms with Crippen molar-refractivity contribution < 1.29 is 24.1 Å². The first-order valence-corrected chi connectivity index (χ1v) is 7.27. The number of hydrogen-bond donors (Lipinski definition) is 2. The normalized spacial score (nSPS) is 13.5. The largest absolute Gasteiger partial charge is 0.333 e. The van der Waals surface area contributed by atoms with E-state index in [2.05, 4.69) is 5.32 Å². The number of nitrogens with one attached hydrogen (secondary N) is 2. The van der Waals surface area contributed by atoms with Gasteiger partial charge in [0.1, 0.15) is 12.1 Å². The van der Waals surface area contributed by atoms with Crippen molar-refractivity contribution in [1.29, 1.82) is 0 Å². The number of urea groups is 1. The third-order valence-electron chi connectivity index (χ3n) is 3.22. The highest BCUT2D eigenvalue weighted by atomic mass is 16.6. The first-order valence-electron chi connectivity index (χ1n) is 7.27. The maximum atomic E-state index is 12.3. The van der Waals surface area contributed by atoms with Crippen LogP contribution in [-0.4, -0.2) is 45.7 Å². The van der Waals surface area contributed by atoms with E-state index in [0.717, 1.165) is 6.07 Å². The Kier molecular flexibility index (Phi) is 4.55. The van der Waals surface area contributed by atoms with Gasteiger partial charge in [-0.05, 0) is 26.8 Å². The smallest absolute Gasteiger partial charge is 0.321 e. The molecule has 0 atom stereocenters. The molecule has 0 saturated carbocycles. The van der Waals surface area contributed by atoms with Crippen LogP contribution in [0.2, 0.25) is 0 Å². The fraction of sp³-hybridized carbons (Fsp3) is 0.333. The molecular formula is C15H16N4O6. The van der Waals surface area contributed by atoms with Crippen LogP contribution in [0.5, 0.6) is 0 Å². The third-order valence-corrected chi connectivity index (χ3v) is 3.22. The number of amides is 5. The molecule has 10 nitrogen and oxygen atoms in total. The molecule has 0 saturated heterocycles. The summed E-state index contributed by atoms with van der Waals surface area (Å²) in [5.74, 6) is -2.66. The van der Waals surface area contributed by atoms with Crippen molar-refractivity contribution in [2.75, 3.05) is 6.54 Å². The Balaban J connectivity index is 2.15. The summed E-state index contributed by atoms with van der Waals surface area (Å²) in [5, 5.41) is 15.5. The Morgan fingerprint density at radius 3 is 2.40 bits per heavy atom. The van der Waals surface area contributed by atoms with Gasteiger partial charge < -0.3 is 5.32 Å². The predicted molar refractivity (Wildman–Crippen MR) is 84.9 cm³/mol. The lowest BCUT2D eigenvalue weighted by molar-refractivity contribution is -0.385. The van der Waals surface area contributed by atoms with Crippen LogP contribution < -0.4 is 10.6 Å². The lowest BCUT2D eigenvalue weighted by Gasteiger charge is -2.21. The maximum absolute atomic E-state index is 12.3. The van der Waals surface area contributed by atoms with Gasteiger partial charge in [0, 0.05) is 11.6 Å². The first kappa shape index (κ1) is 18.0. The van der Waals surface area contributed by atoms with Gasteiger partial charge in [0.05, 0.1) is 10.5 Å². The van der Waals surface area contributed by atoms with E-state index in [1.54, 1.807) is 20.8 Å². The first-order chi connectivity index (χ1) is 11.5. The van der Waals surface area contributed by atoms with E-state index in [9.17, 15) is 29.3 Å². The molecule has 25 heavy (non-hydrogen) atoms. The number of rotatable bonds is 3. The van der Waals surface area contributed by atoms with Crippen molar-refractivity contribution in [1.82, 2.24) is 15.5 Å². The molecule has 0 aromatic heterocycles. The maximum Gasteiger partial charge on any atom is 0.321 e. The summed E-state index contributed by atoms with van der Waals surface area (Å²) in [6.45, 7) is 4.40. The summed E-state index contributed by atoms with van der Waals surface area (Å²) in [6.07, 6.45) is 0. The molecule has 1 aliphatic rings. The van der Waals surface area contributed by atoms with Crippen LogP contribution in [0.1, 0.15) is 41.5 Å². The second kappa shape index (κ2) is 6.30. The summed E-state index contributed by atoms with van der Waals surface area (Å²) in [6, 6.07) is 2.87. The second-order valence-electron chi connectivity index (χ2n) is 6.41. The molecule has 10 heteroatoms. The highest BCUT2D eigenvalue weighted by Crippen LogP contribution is 2.30. The van der Waals surface area contributed by atoms with Crippen LogP contribution in [0.15, 0.2) is 18.2 Å². The Labute approximate surface area is 142 Å². The Morgan fingerprint density at radius 1 is 1.20 bits per heavy atom. The highest BCUT2D eigenvalue weighted by molar-refractivity contribution is 6.24. The minimum atomic E-state index is -0.946. The van der Waals surface area contributed by atoms with Gasteiger partial charge in [-0.3, -0.25) is 34.7 Å². The van der Waals surface area contributed by atoms with Crippen LogP contribution in [0.3, 0.4) is 0 Å². The van der Waals surface area contributed by atoms with Gasteiger partial charge in [0.15, 0.2) is 0 Å². The molecule has 0 unspecified atom stereocenters. The zero-order valence-electron chi connectivity index (χ0n) is 13.8. The molecule has 0 aliphatic carbocycles. The van der Waals surface area contributed by atoms with Crippen molar-refractivity contribution in [2.24, 2.45) is 0 Å². The topological polar surface area (TPSA) is 139 Å². The van der Waals surface area contributed by atoms with Gasteiger partial charge in [0.25, 0.3) is 17.5 Å². The van der Waals surface area contributed by atoms with E-state index >= 15 is 0 Å². The van der Waals surface area contributed by atoms with E-state index in [1.807, 2.05) is 5.32 Å². The molecule has 5 amide bonds. The molecule has 0 fully saturated rings. The van der Waals surface area contributed by atoms with Gasteiger partial charge in [-0.15, -0.1) is 0 Å². The van der Waals surface area contributed by atoms with E-state index in [4.69, 9.17) is 0 Å². The number of imide groups is 2. The van der Waals surface area contributed by atoms with Gasteiger partial charge in [-0.2, -0.15) is 0 Å². The Morgan fingerprint density at radius 2 is 1.84 bits per heavy atom. The van der Waals surface area contributed by atoms with Crippen LogP contribution >= 0.6 is 0 Å². The fourth-order valence-electron chi connectivity index (χ4n) is 2.29. The number of hydrogen-bond acceptors (Lipinski definition) is 6. The standard InChI is InChI=1S/C15H16N4O6/c1-15(2,3)17-14(23)16-10(20)7-18-12(21)8-5-4-6-9(19(24)25)11(8)13(18)22/h4-6H,7H2,1-3H3,(H2,16,17,20,23). The van der Waals surface area contributed by atoms with E-state index in [1.165, 1.54) is 12.1 Å². The van der Waals surface area contributed by atoms with E-state index < -0.39 is 46.4 Å². The van der Waals surface area contributed by atoms with Crippen molar-refractivity contribution in [3.8, 4) is 0 Å². The van der Waals surface area contributed by atoms with Crippen molar-refractivity contribution >= 4 is 29.4 Å². The summed E-state index contributed by atoms with van der Waals surface area (Å²) in [4.78, 5) is 58.9. The molecule has 1 aromatic carbocycles. The Bertz CT molecular complexity index is 796. The predicted octanol–water partition coefficient (Wildman–Crippen LogP) is 0.815. The van der Waals surface area contributed by atoms with E-state index in [0.29, 0.717) is 4.90 Å². The number of nitrogens with zero attached hydrogens (tertiary/aromatic N) is 2. The monoisotopic (exact) mass is 348 g/mol. The van der Waals surface area contributed by atoms with Crippen LogP contribution in [-0.2, 0) is 4.79 Å². The average molecular weight is 348 g/mol. The molecule has 0 spiro atoms. The molecule has 0 bridgehead atoms. The SMILES string of the molecule is CC(C)(C)NC(=O)NC(=O)CN1C(=O)c2cccc([N+](=O)[O-])c2C1=O. The van der Waals surface area contributed by atoms with Gasteiger partial charge in [-0.1, -0.05) is 6.07 Å². The van der Waals surface area contributed by atoms with Crippen molar-refractivity contribution in [3.63, 3.8) is 0 Å². The van der Waals surface area contributed by atoms with Gasteiger partial charge in [-0.25, -0.2) is 4.79 Å². The average Bonchev–Trinajstić information content (AvgIpc) is 2.70. The highest BCUT2D eigenvalue weighted by Gasteiger charge is 2.41. The van der Waals surface area contributed by atoms with E-state index in [-0.39, 0.29) is 11.1 Å². The summed E-state index contributed by atoms with van der Waals surface area (Å²) in [5.41, 5.74) is -1.60. The minimum absolute atomic E-state index is 0.147. The third kappa shape index (κ3) is 3.79. The number of carbonyl (C=O) groups is 4. The van der Waals surface area contributed by atoms with Crippen molar-refractivity contribution in [2.45, 2.75) is 26.3 Å². The second-order valence-corrected chi connectivity index (χ2v) is 6.41. The summed E-state index contributed by atoms with van der Waals surface area (Å²) in [7, 11) is 0. The molecule has 2 rings (SSSR count). The quantitative estimate of drug-likeness (QED) is 0.471. The molecule has 1 heterocycles. The zero-order chi connectivity index (χ0) is 18.9. The minimum Gasteiger partial charge on any atom is -0.333 e. The zero-order valence-corrected chi connectivity index (χ0v) is 13.8. The molecule has 1 aliphatic heterocycles. The number of nitro groups is 1. The molecule has 132 valence electrons. The number of nitro benzene ring substituents is 1. The van der Waals surface area contributed by atoms with Gasteiger partial charge in [0.2, 0.25) is 5.91 Å².